The van der Waals surface area contributed by atoms with Crippen molar-refractivity contribution in [1.82, 2.24) is 25.1 Å². The van der Waals surface area contributed by atoms with Crippen LogP contribution in [-0.2, 0) is 0 Å². The number of carbonyl (C=O) groups excluding carboxylic acids is 1. The van der Waals surface area contributed by atoms with Gasteiger partial charge in [0.05, 0.1) is 36.5 Å². The van der Waals surface area contributed by atoms with E-state index in [1.54, 1.807) is 36.7 Å². The van der Waals surface area contributed by atoms with Gasteiger partial charge in [0.25, 0.3) is 0 Å². The highest BCUT2D eigenvalue weighted by molar-refractivity contribution is 6.00. The van der Waals surface area contributed by atoms with Gasteiger partial charge in [-0.15, -0.1) is 0 Å². The number of rotatable bonds is 8. The molecule has 0 bridgehead atoms. The van der Waals surface area contributed by atoms with Gasteiger partial charge in [0.1, 0.15) is 6.17 Å². The topological polar surface area (TPSA) is 109 Å². The summed E-state index contributed by atoms with van der Waals surface area (Å²) in [6.45, 7) is 0.224. The third-order valence-electron chi connectivity index (χ3n) is 6.18. The van der Waals surface area contributed by atoms with Gasteiger partial charge in [-0.1, -0.05) is 0 Å². The van der Waals surface area contributed by atoms with Gasteiger partial charge in [-0.3, -0.25) is 9.48 Å². The van der Waals surface area contributed by atoms with Gasteiger partial charge in [-0.2, -0.15) is 10.4 Å². The molecule has 168 valence electrons. The van der Waals surface area contributed by atoms with Gasteiger partial charge < -0.3 is 10.6 Å². The zero-order valence-corrected chi connectivity index (χ0v) is 18.0. The van der Waals surface area contributed by atoms with Gasteiger partial charge in [-0.05, 0) is 49.1 Å². The minimum Gasteiger partial charge on any atom is -0.324 e. The number of nitriles is 1. The predicted molar refractivity (Wildman–Crippen MR) is 121 cm³/mol. The van der Waals surface area contributed by atoms with E-state index in [1.807, 2.05) is 16.9 Å². The van der Waals surface area contributed by atoms with Gasteiger partial charge in [-0.25, -0.2) is 14.4 Å². The van der Waals surface area contributed by atoms with Crippen molar-refractivity contribution in [3.05, 3.63) is 54.5 Å². The fourth-order valence-electron chi connectivity index (χ4n) is 4.22. The summed E-state index contributed by atoms with van der Waals surface area (Å²) in [5.41, 5.74) is 2.87. The maximum Gasteiger partial charge on any atom is 0.227 e. The largest absolute Gasteiger partial charge is 0.324 e. The minimum atomic E-state index is -0.970. The van der Waals surface area contributed by atoms with Crippen LogP contribution in [0.15, 0.2) is 48.9 Å². The number of Topliss-reactive ketones (excluding diaryl/α,β-unsaturated/α-hetero) is 1. The first-order valence-corrected chi connectivity index (χ1v) is 11.1. The van der Waals surface area contributed by atoms with E-state index in [0.29, 0.717) is 23.9 Å². The van der Waals surface area contributed by atoms with Gasteiger partial charge in [0, 0.05) is 42.2 Å². The molecule has 2 N–H and O–H groups in total. The summed E-state index contributed by atoms with van der Waals surface area (Å²) in [4.78, 5) is 21.4. The first-order chi connectivity index (χ1) is 16.1. The molecule has 0 radical (unpaired) electrons. The van der Waals surface area contributed by atoms with E-state index in [2.05, 4.69) is 31.8 Å². The summed E-state index contributed by atoms with van der Waals surface area (Å²) in [6, 6.07) is 10.7. The Morgan fingerprint density at radius 3 is 2.82 bits per heavy atom. The van der Waals surface area contributed by atoms with Crippen LogP contribution in [0.5, 0.6) is 0 Å². The fraction of sp³-hybridized carbons (Fsp3) is 0.375. The average molecular weight is 446 g/mol. The maximum absolute atomic E-state index is 13.4. The van der Waals surface area contributed by atoms with E-state index in [0.717, 1.165) is 29.8 Å². The quantitative estimate of drug-likeness (QED) is 0.507. The summed E-state index contributed by atoms with van der Waals surface area (Å²) < 4.78 is 15.2. The van der Waals surface area contributed by atoms with Crippen LogP contribution in [0.1, 0.15) is 42.1 Å². The SMILES string of the molecule is N#CCC(C1CC1)n1cc(-c2ccnc(Nc3ccc(C(=O)C4CC(F)CN4)cc3)n2)cn1. The van der Waals surface area contributed by atoms with Crippen LogP contribution in [0.25, 0.3) is 11.3 Å². The molecule has 1 aliphatic heterocycles. The number of nitrogens with zero attached hydrogens (tertiary/aromatic N) is 5. The molecule has 1 aliphatic carbocycles. The van der Waals surface area contributed by atoms with Crippen molar-refractivity contribution in [2.24, 2.45) is 5.92 Å². The van der Waals surface area contributed by atoms with Crippen molar-refractivity contribution in [3.8, 4) is 17.3 Å². The molecule has 3 atom stereocenters. The predicted octanol–water partition coefficient (Wildman–Crippen LogP) is 3.83. The minimum absolute atomic E-state index is 0.0992. The lowest BCUT2D eigenvalue weighted by Crippen LogP contribution is -2.30. The molecule has 1 aromatic carbocycles. The molecule has 33 heavy (non-hydrogen) atoms. The van der Waals surface area contributed by atoms with Crippen molar-refractivity contribution in [3.63, 3.8) is 0 Å². The van der Waals surface area contributed by atoms with E-state index in [4.69, 9.17) is 5.26 Å². The number of aromatic nitrogens is 4. The van der Waals surface area contributed by atoms with Crippen molar-refractivity contribution in [1.29, 1.82) is 5.26 Å². The molecule has 8 nitrogen and oxygen atoms in total. The first kappa shape index (κ1) is 21.2. The van der Waals surface area contributed by atoms with Crippen molar-refractivity contribution in [2.75, 3.05) is 11.9 Å². The van der Waals surface area contributed by atoms with Crippen LogP contribution < -0.4 is 10.6 Å². The number of benzene rings is 1. The normalized spacial score (nSPS) is 20.8. The van der Waals surface area contributed by atoms with E-state index in [9.17, 15) is 9.18 Å². The summed E-state index contributed by atoms with van der Waals surface area (Å²) in [5, 5.41) is 19.7. The summed E-state index contributed by atoms with van der Waals surface area (Å²) in [7, 11) is 0. The number of halogens is 1. The Labute approximate surface area is 190 Å². The molecular formula is C24H24FN7O. The zero-order valence-electron chi connectivity index (χ0n) is 18.0. The summed E-state index contributed by atoms with van der Waals surface area (Å²) in [6.07, 6.45) is 7.35. The molecule has 1 saturated carbocycles. The number of alkyl halides is 1. The number of ketones is 1. The Morgan fingerprint density at radius 2 is 2.12 bits per heavy atom. The Bertz CT molecular complexity index is 1180. The molecule has 0 amide bonds. The van der Waals surface area contributed by atoms with Crippen molar-refractivity contribution < 1.29 is 9.18 Å². The number of carbonyl (C=O) groups is 1. The Balaban J connectivity index is 1.27. The van der Waals surface area contributed by atoms with Crippen LogP contribution in [0.3, 0.4) is 0 Å². The summed E-state index contributed by atoms with van der Waals surface area (Å²) in [5.74, 6) is 0.850. The van der Waals surface area contributed by atoms with Gasteiger partial charge >= 0.3 is 0 Å². The lowest BCUT2D eigenvalue weighted by molar-refractivity contribution is 0.0949. The van der Waals surface area contributed by atoms with Crippen LogP contribution >= 0.6 is 0 Å². The Morgan fingerprint density at radius 1 is 1.30 bits per heavy atom. The average Bonchev–Trinajstić information content (AvgIpc) is 3.38. The van der Waals surface area contributed by atoms with Crippen LogP contribution in [-0.4, -0.2) is 44.3 Å². The van der Waals surface area contributed by atoms with Crippen molar-refractivity contribution in [2.45, 2.75) is 43.9 Å². The van der Waals surface area contributed by atoms with E-state index in [-0.39, 0.29) is 24.8 Å². The number of hydrogen-bond donors (Lipinski definition) is 2. The number of hydrogen-bond acceptors (Lipinski definition) is 7. The Hall–Kier alpha value is -3.64. The Kier molecular flexibility index (Phi) is 5.84. The smallest absolute Gasteiger partial charge is 0.227 e. The number of nitrogens with one attached hydrogen (secondary N) is 2. The standard InChI is InChI=1S/C24H24FN7O/c25-18-11-21(28-13-18)23(33)16-3-5-19(6-4-16)30-24-27-10-8-20(31-24)17-12-29-32(14-17)22(7-9-26)15-1-2-15/h3-6,8,10,12,14-15,18,21-22,28H,1-2,7,11,13H2,(H,27,30,31). The van der Waals surface area contributed by atoms with E-state index in [1.165, 1.54) is 0 Å². The number of anilines is 2. The molecule has 2 aliphatic rings. The third-order valence-corrected chi connectivity index (χ3v) is 6.18. The van der Waals surface area contributed by atoms with E-state index < -0.39 is 12.2 Å². The van der Waals surface area contributed by atoms with Crippen LogP contribution in [0.4, 0.5) is 16.0 Å². The molecular weight excluding hydrogens is 421 g/mol. The molecule has 1 saturated heterocycles. The molecule has 3 aromatic rings. The summed E-state index contributed by atoms with van der Waals surface area (Å²) >= 11 is 0. The lowest BCUT2D eigenvalue weighted by Gasteiger charge is -2.12. The molecule has 2 aromatic heterocycles. The molecule has 2 fully saturated rings. The monoisotopic (exact) mass is 445 g/mol. The van der Waals surface area contributed by atoms with Gasteiger partial charge in [0.15, 0.2) is 5.78 Å². The molecule has 3 heterocycles. The molecule has 5 rings (SSSR count). The lowest BCUT2D eigenvalue weighted by atomic mass is 10.0. The zero-order chi connectivity index (χ0) is 22.8. The molecule has 9 heteroatoms. The maximum atomic E-state index is 13.4. The molecule has 3 unspecified atom stereocenters. The van der Waals surface area contributed by atoms with Gasteiger partial charge in [0.2, 0.25) is 5.95 Å². The van der Waals surface area contributed by atoms with Crippen LogP contribution in [0.2, 0.25) is 0 Å². The second-order valence-electron chi connectivity index (χ2n) is 8.60. The van der Waals surface area contributed by atoms with E-state index >= 15 is 0 Å². The second-order valence-corrected chi connectivity index (χ2v) is 8.60. The highest BCUT2D eigenvalue weighted by Gasteiger charge is 2.33. The molecule has 0 spiro atoms. The van der Waals surface area contributed by atoms with Crippen LogP contribution in [0, 0.1) is 17.2 Å². The third kappa shape index (κ3) is 4.76. The van der Waals surface area contributed by atoms with Crippen molar-refractivity contribution >= 4 is 17.4 Å². The fourth-order valence-corrected chi connectivity index (χ4v) is 4.22. The highest BCUT2D eigenvalue weighted by Crippen LogP contribution is 2.41. The second kappa shape index (κ2) is 9.08. The first-order valence-electron chi connectivity index (χ1n) is 11.1. The highest BCUT2D eigenvalue weighted by atomic mass is 19.1.